The normalized spacial score (nSPS) is 10.5. The third-order valence-electron chi connectivity index (χ3n) is 3.24. The Bertz CT molecular complexity index is 703. The zero-order valence-electron chi connectivity index (χ0n) is 12.2. The van der Waals surface area contributed by atoms with E-state index in [0.717, 1.165) is 18.0 Å². The lowest BCUT2D eigenvalue weighted by atomic mass is 10.3. The lowest BCUT2D eigenvalue weighted by molar-refractivity contribution is 0.362. The summed E-state index contributed by atoms with van der Waals surface area (Å²) in [6, 6.07) is 15.5. The number of halogens is 1. The van der Waals surface area contributed by atoms with Gasteiger partial charge in [-0.2, -0.15) is 0 Å². The van der Waals surface area contributed by atoms with E-state index in [1.807, 2.05) is 42.5 Å². The minimum absolute atomic E-state index is 0.615. The van der Waals surface area contributed by atoms with Gasteiger partial charge in [0.2, 0.25) is 0 Å². The van der Waals surface area contributed by atoms with Crippen LogP contribution >= 0.6 is 35.2 Å². The molecule has 6 heteroatoms. The van der Waals surface area contributed by atoms with Gasteiger partial charge in [0.15, 0.2) is 5.11 Å². The van der Waals surface area contributed by atoms with E-state index in [2.05, 4.69) is 21.7 Å². The molecule has 3 nitrogen and oxygen atoms in total. The van der Waals surface area contributed by atoms with Crippen molar-refractivity contribution < 1.29 is 4.42 Å². The fourth-order valence-electron chi connectivity index (χ4n) is 2.12. The van der Waals surface area contributed by atoms with Crippen molar-refractivity contribution in [2.45, 2.75) is 13.1 Å². The zero-order valence-corrected chi connectivity index (χ0v) is 14.6. The van der Waals surface area contributed by atoms with Gasteiger partial charge in [-0.05, 0) is 60.1 Å². The number of benzene rings is 1. The summed E-state index contributed by atoms with van der Waals surface area (Å²) in [4.78, 5) is 3.33. The average molecular weight is 363 g/mol. The fourth-order valence-corrected chi connectivity index (χ4v) is 3.21. The summed E-state index contributed by atoms with van der Waals surface area (Å²) in [6.07, 6.45) is 1.67. The van der Waals surface area contributed by atoms with E-state index in [9.17, 15) is 0 Å². The Balaban J connectivity index is 1.73. The van der Waals surface area contributed by atoms with E-state index in [1.165, 1.54) is 4.88 Å². The quantitative estimate of drug-likeness (QED) is 0.615. The first-order chi connectivity index (χ1) is 11.2. The zero-order chi connectivity index (χ0) is 16.1. The number of furan rings is 1. The standard InChI is InChI=1S/C17H15ClN2OS2/c18-13-5-7-14(8-6-13)19-17(22)20(11-15-3-1-9-21-15)12-16-4-2-10-23-16/h1-10H,11-12H2,(H,19,22). The van der Waals surface area contributed by atoms with Gasteiger partial charge in [-0.1, -0.05) is 17.7 Å². The molecule has 0 aliphatic rings. The monoisotopic (exact) mass is 362 g/mol. The molecule has 0 unspecified atom stereocenters. The number of hydrogen-bond acceptors (Lipinski definition) is 3. The molecule has 2 heterocycles. The van der Waals surface area contributed by atoms with E-state index < -0.39 is 0 Å². The van der Waals surface area contributed by atoms with Crippen molar-refractivity contribution in [3.63, 3.8) is 0 Å². The predicted molar refractivity (Wildman–Crippen MR) is 99.9 cm³/mol. The predicted octanol–water partition coefficient (Wildman–Crippen LogP) is 5.39. The fraction of sp³-hybridized carbons (Fsp3) is 0.118. The molecule has 3 aromatic rings. The minimum Gasteiger partial charge on any atom is -0.467 e. The van der Waals surface area contributed by atoms with Gasteiger partial charge in [0.25, 0.3) is 0 Å². The Labute approximate surface area is 149 Å². The van der Waals surface area contributed by atoms with Crippen molar-refractivity contribution in [3.05, 3.63) is 75.8 Å². The SMILES string of the molecule is S=C(Nc1ccc(Cl)cc1)N(Cc1ccco1)Cc1cccs1. The Hall–Kier alpha value is -1.82. The summed E-state index contributed by atoms with van der Waals surface area (Å²) < 4.78 is 5.46. The Morgan fingerprint density at radius 2 is 1.96 bits per heavy atom. The first-order valence-corrected chi connectivity index (χ1v) is 8.73. The lowest BCUT2D eigenvalue weighted by Gasteiger charge is -2.24. The number of rotatable bonds is 5. The first kappa shape index (κ1) is 16.1. The number of hydrogen-bond donors (Lipinski definition) is 1. The first-order valence-electron chi connectivity index (χ1n) is 7.07. The molecular weight excluding hydrogens is 348 g/mol. The van der Waals surface area contributed by atoms with Gasteiger partial charge in [0.05, 0.1) is 19.4 Å². The van der Waals surface area contributed by atoms with Gasteiger partial charge < -0.3 is 14.6 Å². The van der Waals surface area contributed by atoms with E-state index >= 15 is 0 Å². The highest BCUT2D eigenvalue weighted by Crippen LogP contribution is 2.18. The molecule has 1 aromatic carbocycles. The Morgan fingerprint density at radius 3 is 2.61 bits per heavy atom. The second-order valence-electron chi connectivity index (χ2n) is 4.95. The van der Waals surface area contributed by atoms with Crippen molar-refractivity contribution in [3.8, 4) is 0 Å². The molecule has 23 heavy (non-hydrogen) atoms. The van der Waals surface area contributed by atoms with Crippen LogP contribution in [0, 0.1) is 0 Å². The maximum absolute atomic E-state index is 5.92. The van der Waals surface area contributed by atoms with Crippen LogP contribution in [0.25, 0.3) is 0 Å². The molecule has 0 bridgehead atoms. The minimum atomic E-state index is 0.615. The second-order valence-corrected chi connectivity index (χ2v) is 6.81. The maximum atomic E-state index is 5.92. The number of nitrogens with zero attached hydrogens (tertiary/aromatic N) is 1. The van der Waals surface area contributed by atoms with Crippen LogP contribution in [0.2, 0.25) is 5.02 Å². The van der Waals surface area contributed by atoms with Crippen LogP contribution in [0.3, 0.4) is 0 Å². The molecule has 0 fully saturated rings. The summed E-state index contributed by atoms with van der Waals surface area (Å²) in [7, 11) is 0. The van der Waals surface area contributed by atoms with Crippen LogP contribution < -0.4 is 5.32 Å². The van der Waals surface area contributed by atoms with Crippen molar-refractivity contribution in [2.24, 2.45) is 0 Å². The molecule has 2 aromatic heterocycles. The van der Waals surface area contributed by atoms with Crippen LogP contribution in [-0.4, -0.2) is 10.0 Å². The number of thiophene rings is 1. The van der Waals surface area contributed by atoms with E-state index in [-0.39, 0.29) is 0 Å². The van der Waals surface area contributed by atoms with Gasteiger partial charge >= 0.3 is 0 Å². The van der Waals surface area contributed by atoms with Gasteiger partial charge in [0.1, 0.15) is 5.76 Å². The number of nitrogens with one attached hydrogen (secondary N) is 1. The smallest absolute Gasteiger partial charge is 0.174 e. The summed E-state index contributed by atoms with van der Waals surface area (Å²) in [5, 5.41) is 6.67. The van der Waals surface area contributed by atoms with Crippen LogP contribution in [0.15, 0.2) is 64.6 Å². The van der Waals surface area contributed by atoms with Crippen LogP contribution in [-0.2, 0) is 13.1 Å². The van der Waals surface area contributed by atoms with Gasteiger partial charge in [-0.3, -0.25) is 0 Å². The molecule has 0 saturated heterocycles. The lowest BCUT2D eigenvalue weighted by Crippen LogP contribution is -2.33. The largest absolute Gasteiger partial charge is 0.467 e. The molecule has 0 radical (unpaired) electrons. The Morgan fingerprint density at radius 1 is 1.13 bits per heavy atom. The molecule has 3 rings (SSSR count). The van der Waals surface area contributed by atoms with Crippen molar-refractivity contribution in [2.75, 3.05) is 5.32 Å². The molecule has 1 N–H and O–H groups in total. The molecule has 118 valence electrons. The van der Waals surface area contributed by atoms with Crippen LogP contribution in [0.5, 0.6) is 0 Å². The highest BCUT2D eigenvalue weighted by atomic mass is 35.5. The number of thiocarbonyl (C=S) groups is 1. The summed E-state index contributed by atoms with van der Waals surface area (Å²) in [6.45, 7) is 1.35. The summed E-state index contributed by atoms with van der Waals surface area (Å²) in [5.41, 5.74) is 0.912. The third kappa shape index (κ3) is 4.58. The Kier molecular flexibility index (Phi) is 5.33. The molecule has 0 atom stereocenters. The second kappa shape index (κ2) is 7.64. The molecule has 0 spiro atoms. The van der Waals surface area contributed by atoms with Crippen molar-refractivity contribution in [1.29, 1.82) is 0 Å². The highest BCUT2D eigenvalue weighted by molar-refractivity contribution is 7.80. The average Bonchev–Trinajstić information content (AvgIpc) is 3.22. The van der Waals surface area contributed by atoms with Crippen molar-refractivity contribution in [1.82, 2.24) is 4.90 Å². The molecule has 0 aliphatic carbocycles. The molecule has 0 saturated carbocycles. The topological polar surface area (TPSA) is 28.4 Å². The van der Waals surface area contributed by atoms with E-state index in [4.69, 9.17) is 28.2 Å². The van der Waals surface area contributed by atoms with Crippen LogP contribution in [0.1, 0.15) is 10.6 Å². The maximum Gasteiger partial charge on any atom is 0.174 e. The highest BCUT2D eigenvalue weighted by Gasteiger charge is 2.13. The molecule has 0 amide bonds. The van der Waals surface area contributed by atoms with Gasteiger partial charge in [-0.25, -0.2) is 0 Å². The molecule has 0 aliphatic heterocycles. The number of anilines is 1. The van der Waals surface area contributed by atoms with Crippen molar-refractivity contribution >= 4 is 46.0 Å². The molecular formula is C17H15ClN2OS2. The van der Waals surface area contributed by atoms with Gasteiger partial charge in [-0.15, -0.1) is 11.3 Å². The van der Waals surface area contributed by atoms with Crippen LogP contribution in [0.4, 0.5) is 5.69 Å². The summed E-state index contributed by atoms with van der Waals surface area (Å²) in [5.74, 6) is 0.877. The van der Waals surface area contributed by atoms with E-state index in [1.54, 1.807) is 17.6 Å². The summed E-state index contributed by atoms with van der Waals surface area (Å²) >= 11 is 13.2. The van der Waals surface area contributed by atoms with Gasteiger partial charge in [0, 0.05) is 15.6 Å². The third-order valence-corrected chi connectivity index (χ3v) is 4.71. The van der Waals surface area contributed by atoms with E-state index in [0.29, 0.717) is 16.7 Å².